The van der Waals surface area contributed by atoms with Crippen LogP contribution in [0.3, 0.4) is 0 Å². The van der Waals surface area contributed by atoms with E-state index in [1.165, 1.54) is 0 Å². The molecule has 7 heteroatoms. The fraction of sp³-hybridized carbons (Fsp3) is 0.211. The fourth-order valence-electron chi connectivity index (χ4n) is 2.67. The van der Waals surface area contributed by atoms with Crippen molar-refractivity contribution in [3.63, 3.8) is 0 Å². The van der Waals surface area contributed by atoms with Gasteiger partial charge in [-0.25, -0.2) is 0 Å². The van der Waals surface area contributed by atoms with E-state index in [0.717, 1.165) is 31.1 Å². The lowest BCUT2D eigenvalue weighted by molar-refractivity contribution is 0.324. The Morgan fingerprint density at radius 1 is 0.731 bits per heavy atom. The van der Waals surface area contributed by atoms with Gasteiger partial charge in [0, 0.05) is 11.1 Å². The molecule has 1 aromatic heterocycles. The van der Waals surface area contributed by atoms with Crippen LogP contribution in [0.1, 0.15) is 0 Å². The van der Waals surface area contributed by atoms with Gasteiger partial charge < -0.3 is 18.9 Å². The first-order valence-electron chi connectivity index (χ1n) is 7.70. The van der Waals surface area contributed by atoms with Gasteiger partial charge in [0.15, 0.2) is 11.5 Å². The first-order valence-corrected chi connectivity index (χ1v) is 10.3. The zero-order valence-corrected chi connectivity index (χ0v) is 17.3. The number of methoxy groups -OCH3 is 4. The Kier molecular flexibility index (Phi) is 5.80. The third-order valence-corrected chi connectivity index (χ3v) is 7.00. The molecule has 0 aliphatic carbocycles. The molecule has 0 radical (unpaired) electrons. The van der Waals surface area contributed by atoms with Gasteiger partial charge in [-0.15, -0.1) is 0 Å². The van der Waals surface area contributed by atoms with E-state index in [2.05, 4.69) is 0 Å². The predicted octanol–water partition coefficient (Wildman–Crippen LogP) is 5.91. The predicted molar refractivity (Wildman–Crippen MR) is 110 cm³/mol. The van der Waals surface area contributed by atoms with E-state index < -0.39 is 0 Å². The van der Waals surface area contributed by atoms with Crippen LogP contribution in [0.15, 0.2) is 36.4 Å². The fourth-order valence-corrected chi connectivity index (χ4v) is 5.57. The van der Waals surface area contributed by atoms with Crippen LogP contribution in [0.4, 0.5) is 0 Å². The molecule has 2 aromatic carbocycles. The molecule has 1 heterocycles. The molecule has 0 atom stereocenters. The van der Waals surface area contributed by atoms with Crippen molar-refractivity contribution in [2.24, 2.45) is 0 Å². The number of hydrogen-bond acceptors (Lipinski definition) is 7. The summed E-state index contributed by atoms with van der Waals surface area (Å²) in [6.07, 6.45) is 0. The molecule has 0 amide bonds. The third-order valence-electron chi connectivity index (χ3n) is 3.94. The molecule has 3 aromatic rings. The van der Waals surface area contributed by atoms with Crippen LogP contribution >= 0.6 is 32.9 Å². The number of rotatable bonds is 6. The molecule has 4 nitrogen and oxygen atoms in total. The second kappa shape index (κ2) is 8.07. The largest absolute Gasteiger partial charge is 0.497 e. The third kappa shape index (κ3) is 3.42. The van der Waals surface area contributed by atoms with E-state index in [-0.39, 0.29) is 0 Å². The summed E-state index contributed by atoms with van der Waals surface area (Å²) >= 11 is 5.60. The van der Waals surface area contributed by atoms with Crippen LogP contribution in [-0.4, -0.2) is 28.4 Å². The minimum absolute atomic E-state index is 0.573. The number of ether oxygens (including phenoxy) is 4. The van der Waals surface area contributed by atoms with Crippen molar-refractivity contribution in [2.45, 2.75) is 0 Å². The number of benzene rings is 2. The van der Waals surface area contributed by atoms with E-state index >= 15 is 0 Å². The molecule has 0 fully saturated rings. The van der Waals surface area contributed by atoms with Crippen LogP contribution < -0.4 is 18.9 Å². The monoisotopic (exact) mass is 406 g/mol. The molecule has 0 saturated carbocycles. The zero-order chi connectivity index (χ0) is 18.7. The van der Waals surface area contributed by atoms with Gasteiger partial charge in [0.1, 0.15) is 9.57 Å². The van der Waals surface area contributed by atoms with Gasteiger partial charge in [-0.05, 0) is 29.8 Å². The normalized spacial score (nSPS) is 10.5. The minimum Gasteiger partial charge on any atom is -0.497 e. The summed E-state index contributed by atoms with van der Waals surface area (Å²) in [4.78, 5) is 1.07. The Hall–Kier alpha value is -2.09. The quantitative estimate of drug-likeness (QED) is 0.376. The highest BCUT2D eigenvalue weighted by Crippen LogP contribution is 2.47. The lowest BCUT2D eigenvalue weighted by Gasteiger charge is -2.14. The lowest BCUT2D eigenvalue weighted by atomic mass is 10.0. The summed E-state index contributed by atoms with van der Waals surface area (Å²) in [5.74, 6) is 2.62. The number of hydrogen-bond donors (Lipinski definition) is 0. The molecule has 0 N–H and O–H groups in total. The Morgan fingerprint density at radius 3 is 1.85 bits per heavy atom. The zero-order valence-electron chi connectivity index (χ0n) is 14.8. The van der Waals surface area contributed by atoms with Crippen molar-refractivity contribution in [3.05, 3.63) is 40.2 Å². The molecular weight excluding hydrogens is 388 g/mol. The molecule has 0 aliphatic rings. The van der Waals surface area contributed by atoms with E-state index in [4.69, 9.17) is 31.2 Å². The Bertz CT molecular complexity index is 933. The Labute approximate surface area is 164 Å². The van der Waals surface area contributed by atoms with E-state index in [9.17, 15) is 0 Å². The van der Waals surface area contributed by atoms with Crippen molar-refractivity contribution >= 4 is 32.9 Å². The molecule has 3 rings (SSSR count). The van der Waals surface area contributed by atoms with Crippen molar-refractivity contribution in [3.8, 4) is 44.6 Å². The molecular formula is C19H18O4S3. The van der Waals surface area contributed by atoms with Gasteiger partial charge in [-0.1, -0.05) is 45.0 Å². The topological polar surface area (TPSA) is 36.9 Å². The van der Waals surface area contributed by atoms with E-state index in [0.29, 0.717) is 17.2 Å². The van der Waals surface area contributed by atoms with Crippen molar-refractivity contribution in [1.29, 1.82) is 0 Å². The standard InChI is InChI=1S/C19H18O4S3/c1-20-13-7-5-11(6-8-13)16-18(25-26-19(16)24)12-9-14(21-2)17(23-4)15(10-12)22-3/h5-10H,1-4H3. The summed E-state index contributed by atoms with van der Waals surface area (Å²) in [7, 11) is 9.69. The maximum atomic E-state index is 5.60. The molecule has 0 unspecified atom stereocenters. The van der Waals surface area contributed by atoms with Gasteiger partial charge in [0.05, 0.1) is 33.3 Å². The average Bonchev–Trinajstić information content (AvgIpc) is 3.08. The van der Waals surface area contributed by atoms with Crippen LogP contribution in [-0.2, 0) is 0 Å². The van der Waals surface area contributed by atoms with E-state index in [1.54, 1.807) is 49.1 Å². The van der Waals surface area contributed by atoms with Gasteiger partial charge in [-0.3, -0.25) is 0 Å². The van der Waals surface area contributed by atoms with Gasteiger partial charge >= 0.3 is 0 Å². The summed E-state index contributed by atoms with van der Waals surface area (Å²) < 4.78 is 22.5. The highest BCUT2D eigenvalue weighted by molar-refractivity contribution is 7.80. The first kappa shape index (κ1) is 18.7. The highest BCUT2D eigenvalue weighted by Gasteiger charge is 2.19. The summed E-state index contributed by atoms with van der Waals surface area (Å²) in [6.45, 7) is 0. The van der Waals surface area contributed by atoms with Crippen LogP contribution in [0.5, 0.6) is 23.0 Å². The van der Waals surface area contributed by atoms with E-state index in [1.807, 2.05) is 36.4 Å². The smallest absolute Gasteiger partial charge is 0.203 e. The maximum Gasteiger partial charge on any atom is 0.203 e. The lowest BCUT2D eigenvalue weighted by Crippen LogP contribution is -1.95. The second-order valence-electron chi connectivity index (χ2n) is 5.30. The molecule has 0 spiro atoms. The second-order valence-corrected chi connectivity index (χ2v) is 8.12. The van der Waals surface area contributed by atoms with Crippen molar-refractivity contribution in [1.82, 2.24) is 0 Å². The summed E-state index contributed by atoms with van der Waals surface area (Å²) in [5, 5.41) is 0. The molecule has 26 heavy (non-hydrogen) atoms. The maximum absolute atomic E-state index is 5.60. The van der Waals surface area contributed by atoms with Gasteiger partial charge in [0.2, 0.25) is 5.75 Å². The highest BCUT2D eigenvalue weighted by atomic mass is 32.9. The Morgan fingerprint density at radius 2 is 1.35 bits per heavy atom. The van der Waals surface area contributed by atoms with Crippen molar-refractivity contribution < 1.29 is 18.9 Å². The first-order chi connectivity index (χ1) is 12.6. The SMILES string of the molecule is COc1ccc(-c2c(-c3cc(OC)c(OC)c(OC)c3)ssc2=S)cc1. The van der Waals surface area contributed by atoms with Crippen LogP contribution in [0.25, 0.3) is 21.6 Å². The van der Waals surface area contributed by atoms with Gasteiger partial charge in [0.25, 0.3) is 0 Å². The average molecular weight is 407 g/mol. The summed E-state index contributed by atoms with van der Waals surface area (Å²) in [5.41, 5.74) is 3.06. The molecule has 0 bridgehead atoms. The van der Waals surface area contributed by atoms with Crippen molar-refractivity contribution in [2.75, 3.05) is 28.4 Å². The Balaban J connectivity index is 2.18. The molecule has 0 saturated heterocycles. The summed E-state index contributed by atoms with van der Waals surface area (Å²) in [6, 6.07) is 11.8. The molecule has 136 valence electrons. The van der Waals surface area contributed by atoms with Gasteiger partial charge in [-0.2, -0.15) is 0 Å². The minimum atomic E-state index is 0.573. The van der Waals surface area contributed by atoms with Crippen LogP contribution in [0.2, 0.25) is 0 Å². The van der Waals surface area contributed by atoms with Crippen LogP contribution in [0, 0.1) is 3.82 Å². The molecule has 0 aliphatic heterocycles.